The van der Waals surface area contributed by atoms with Gasteiger partial charge in [0.05, 0.1) is 6.21 Å². The van der Waals surface area contributed by atoms with Gasteiger partial charge in [0.15, 0.2) is 0 Å². The third-order valence-corrected chi connectivity index (χ3v) is 2.69. The number of aromatic hydroxyl groups is 1. The Labute approximate surface area is 111 Å². The van der Waals surface area contributed by atoms with Crippen LogP contribution in [0.3, 0.4) is 0 Å². The lowest BCUT2D eigenvalue weighted by Crippen LogP contribution is -2.17. The third kappa shape index (κ3) is 3.42. The molecule has 0 saturated heterocycles. The van der Waals surface area contributed by atoms with Crippen LogP contribution in [0.15, 0.2) is 53.6 Å². The Hall–Kier alpha value is -2.62. The number of nitrogens with one attached hydrogen (secondary N) is 1. The van der Waals surface area contributed by atoms with E-state index in [0.29, 0.717) is 5.56 Å². The van der Waals surface area contributed by atoms with Gasteiger partial charge < -0.3 is 5.11 Å². The fraction of sp³-hybridized carbons (Fsp3) is 0.0667. The summed E-state index contributed by atoms with van der Waals surface area (Å²) in [4.78, 5) is 11.7. The molecule has 1 amide bonds. The van der Waals surface area contributed by atoms with E-state index in [1.165, 1.54) is 24.3 Å². The summed E-state index contributed by atoms with van der Waals surface area (Å²) in [5.41, 5.74) is 4.93. The summed E-state index contributed by atoms with van der Waals surface area (Å²) in [5.74, 6) is -0.190. The molecule has 0 radical (unpaired) electrons. The molecule has 0 aliphatic rings. The van der Waals surface area contributed by atoms with Crippen LogP contribution < -0.4 is 5.43 Å². The highest BCUT2D eigenvalue weighted by Crippen LogP contribution is 2.09. The molecule has 2 aromatic rings. The molecule has 4 heteroatoms. The molecule has 2 N–H and O–H groups in total. The molecule has 2 aromatic carbocycles. The van der Waals surface area contributed by atoms with Crippen molar-refractivity contribution in [3.8, 4) is 5.75 Å². The highest BCUT2D eigenvalue weighted by molar-refractivity contribution is 5.95. The second-order valence-corrected chi connectivity index (χ2v) is 4.10. The minimum Gasteiger partial charge on any atom is -0.508 e. The van der Waals surface area contributed by atoms with Gasteiger partial charge in [-0.3, -0.25) is 4.79 Å². The van der Waals surface area contributed by atoms with Crippen molar-refractivity contribution in [2.75, 3.05) is 0 Å². The quantitative estimate of drug-likeness (QED) is 0.653. The average Bonchev–Trinajstić information content (AvgIpc) is 2.41. The highest BCUT2D eigenvalue weighted by atomic mass is 16.3. The lowest BCUT2D eigenvalue weighted by atomic mass is 10.1. The van der Waals surface area contributed by atoms with Gasteiger partial charge in [-0.1, -0.05) is 24.3 Å². The summed E-state index contributed by atoms with van der Waals surface area (Å²) >= 11 is 0. The van der Waals surface area contributed by atoms with Crippen molar-refractivity contribution in [2.45, 2.75) is 6.92 Å². The van der Waals surface area contributed by atoms with Crippen molar-refractivity contribution >= 4 is 12.1 Å². The standard InChI is InChI=1S/C15H14N2O2/c1-11-4-2-3-5-13(11)10-16-17-15(19)12-6-8-14(18)9-7-12/h2-10,18H,1H3,(H,17,19). The first-order chi connectivity index (χ1) is 9.16. The van der Waals surface area contributed by atoms with E-state index >= 15 is 0 Å². The van der Waals surface area contributed by atoms with Crippen LogP contribution in [0.2, 0.25) is 0 Å². The van der Waals surface area contributed by atoms with E-state index in [9.17, 15) is 4.79 Å². The van der Waals surface area contributed by atoms with Gasteiger partial charge in [-0.05, 0) is 42.3 Å². The predicted molar refractivity (Wildman–Crippen MR) is 74.3 cm³/mol. The van der Waals surface area contributed by atoms with Crippen LogP contribution in [-0.4, -0.2) is 17.2 Å². The molecule has 0 spiro atoms. The number of carbonyl (C=O) groups excluding carboxylic acids is 1. The lowest BCUT2D eigenvalue weighted by Gasteiger charge is -2.01. The average molecular weight is 254 g/mol. The number of hydrogen-bond acceptors (Lipinski definition) is 3. The summed E-state index contributed by atoms with van der Waals surface area (Å²) in [5, 5.41) is 13.0. The second-order valence-electron chi connectivity index (χ2n) is 4.10. The molecule has 0 saturated carbocycles. The van der Waals surface area contributed by atoms with Gasteiger partial charge in [0.1, 0.15) is 5.75 Å². The zero-order valence-corrected chi connectivity index (χ0v) is 10.5. The van der Waals surface area contributed by atoms with E-state index in [0.717, 1.165) is 11.1 Å². The third-order valence-electron chi connectivity index (χ3n) is 2.69. The van der Waals surface area contributed by atoms with Gasteiger partial charge >= 0.3 is 0 Å². The maximum absolute atomic E-state index is 11.7. The summed E-state index contributed by atoms with van der Waals surface area (Å²) in [6.07, 6.45) is 1.60. The number of benzene rings is 2. The lowest BCUT2D eigenvalue weighted by molar-refractivity contribution is 0.0955. The normalized spacial score (nSPS) is 10.6. The number of aryl methyl sites for hydroxylation is 1. The van der Waals surface area contributed by atoms with E-state index in [2.05, 4.69) is 10.5 Å². The van der Waals surface area contributed by atoms with E-state index in [4.69, 9.17) is 5.11 Å². The molecule has 0 bridgehead atoms. The van der Waals surface area contributed by atoms with Gasteiger partial charge in [-0.2, -0.15) is 5.10 Å². The molecule has 4 nitrogen and oxygen atoms in total. The Morgan fingerprint density at radius 1 is 1.16 bits per heavy atom. The van der Waals surface area contributed by atoms with Crippen LogP contribution in [0.4, 0.5) is 0 Å². The van der Waals surface area contributed by atoms with E-state index in [-0.39, 0.29) is 11.7 Å². The molecular formula is C15H14N2O2. The van der Waals surface area contributed by atoms with Gasteiger partial charge in [0.25, 0.3) is 5.91 Å². The van der Waals surface area contributed by atoms with Crippen molar-refractivity contribution in [1.82, 2.24) is 5.43 Å². The molecule has 0 fully saturated rings. The largest absolute Gasteiger partial charge is 0.508 e. The Morgan fingerprint density at radius 3 is 2.53 bits per heavy atom. The van der Waals surface area contributed by atoms with Crippen molar-refractivity contribution in [3.05, 3.63) is 65.2 Å². The van der Waals surface area contributed by atoms with Crippen molar-refractivity contribution in [1.29, 1.82) is 0 Å². The maximum atomic E-state index is 11.7. The number of phenolic OH excluding ortho intramolecular Hbond substituents is 1. The zero-order chi connectivity index (χ0) is 13.7. The molecule has 0 atom stereocenters. The Bertz CT molecular complexity index is 604. The number of hydrazone groups is 1. The van der Waals surface area contributed by atoms with E-state index in [1.54, 1.807) is 6.21 Å². The molecular weight excluding hydrogens is 240 g/mol. The first-order valence-corrected chi connectivity index (χ1v) is 5.85. The topological polar surface area (TPSA) is 61.7 Å². The Kier molecular flexibility index (Phi) is 3.93. The molecule has 0 aliphatic heterocycles. The first kappa shape index (κ1) is 12.8. The maximum Gasteiger partial charge on any atom is 0.271 e. The molecule has 0 aliphatic carbocycles. The number of nitrogens with zero attached hydrogens (tertiary/aromatic N) is 1. The van der Waals surface area contributed by atoms with Gasteiger partial charge in [-0.25, -0.2) is 5.43 Å². The minimum atomic E-state index is -0.315. The number of rotatable bonds is 3. The van der Waals surface area contributed by atoms with Crippen LogP contribution in [0.25, 0.3) is 0 Å². The summed E-state index contributed by atoms with van der Waals surface area (Å²) < 4.78 is 0. The second kappa shape index (κ2) is 5.82. The van der Waals surface area contributed by atoms with Crippen molar-refractivity contribution in [2.24, 2.45) is 5.10 Å². The SMILES string of the molecule is Cc1ccccc1C=NNC(=O)c1ccc(O)cc1. The molecule has 0 heterocycles. The number of amides is 1. The molecule has 2 rings (SSSR count). The van der Waals surface area contributed by atoms with Crippen LogP contribution >= 0.6 is 0 Å². The van der Waals surface area contributed by atoms with Crippen molar-refractivity contribution < 1.29 is 9.90 Å². The molecule has 0 unspecified atom stereocenters. The number of phenols is 1. The van der Waals surface area contributed by atoms with Gasteiger partial charge in [-0.15, -0.1) is 0 Å². The van der Waals surface area contributed by atoms with Crippen LogP contribution in [0.1, 0.15) is 21.5 Å². The van der Waals surface area contributed by atoms with Crippen LogP contribution in [0.5, 0.6) is 5.75 Å². The minimum absolute atomic E-state index is 0.125. The molecule has 0 aromatic heterocycles. The van der Waals surface area contributed by atoms with Crippen LogP contribution in [0, 0.1) is 6.92 Å². The zero-order valence-electron chi connectivity index (χ0n) is 10.5. The monoisotopic (exact) mass is 254 g/mol. The fourth-order valence-corrected chi connectivity index (χ4v) is 1.57. The summed E-state index contributed by atoms with van der Waals surface area (Å²) in [6.45, 7) is 1.98. The smallest absolute Gasteiger partial charge is 0.271 e. The van der Waals surface area contributed by atoms with E-state index in [1.807, 2.05) is 31.2 Å². The highest BCUT2D eigenvalue weighted by Gasteiger charge is 2.03. The van der Waals surface area contributed by atoms with Gasteiger partial charge in [0.2, 0.25) is 0 Å². The number of hydrogen-bond donors (Lipinski definition) is 2. The van der Waals surface area contributed by atoms with Crippen LogP contribution in [-0.2, 0) is 0 Å². The Morgan fingerprint density at radius 2 is 1.84 bits per heavy atom. The summed E-state index contributed by atoms with van der Waals surface area (Å²) in [6, 6.07) is 13.7. The predicted octanol–water partition coefficient (Wildman–Crippen LogP) is 2.46. The number of carbonyl (C=O) groups is 1. The molecule has 19 heavy (non-hydrogen) atoms. The molecule has 96 valence electrons. The summed E-state index contributed by atoms with van der Waals surface area (Å²) in [7, 11) is 0. The van der Waals surface area contributed by atoms with Gasteiger partial charge in [0, 0.05) is 5.56 Å². The van der Waals surface area contributed by atoms with Crippen molar-refractivity contribution in [3.63, 3.8) is 0 Å². The first-order valence-electron chi connectivity index (χ1n) is 5.85. The van der Waals surface area contributed by atoms with E-state index < -0.39 is 0 Å². The Balaban J connectivity index is 2.01. The fourth-order valence-electron chi connectivity index (χ4n) is 1.57.